The van der Waals surface area contributed by atoms with Gasteiger partial charge in [-0.15, -0.1) is 0 Å². The highest BCUT2D eigenvalue weighted by Crippen LogP contribution is 2.46. The highest BCUT2D eigenvalue weighted by atomic mass is 35.5. The number of carboxylic acid groups (broad SMARTS) is 1. The predicted octanol–water partition coefficient (Wildman–Crippen LogP) is 7.42. The Morgan fingerprint density at radius 1 is 1.04 bits per heavy atom. The number of aryl methyl sites for hydroxylation is 2. The van der Waals surface area contributed by atoms with Gasteiger partial charge in [-0.1, -0.05) is 80.4 Å². The molecule has 1 aliphatic heterocycles. The summed E-state index contributed by atoms with van der Waals surface area (Å²) in [7, 11) is 1.92. The Morgan fingerprint density at radius 3 is 2.58 bits per heavy atom. The number of amides is 2. The number of nitrogens with one attached hydrogen (secondary N) is 2. The van der Waals surface area contributed by atoms with Crippen LogP contribution in [0.4, 0.5) is 4.79 Å². The Hall–Kier alpha value is -3.39. The van der Waals surface area contributed by atoms with Gasteiger partial charge in [0, 0.05) is 48.2 Å². The Balaban J connectivity index is 1.72. The first-order chi connectivity index (χ1) is 21.7. The van der Waals surface area contributed by atoms with Gasteiger partial charge in [-0.25, -0.2) is 4.79 Å². The van der Waals surface area contributed by atoms with Gasteiger partial charge in [-0.3, -0.25) is 4.79 Å². The van der Waals surface area contributed by atoms with Gasteiger partial charge in [-0.05, 0) is 91.9 Å². The van der Waals surface area contributed by atoms with Crippen molar-refractivity contribution in [3.8, 4) is 11.1 Å². The summed E-state index contributed by atoms with van der Waals surface area (Å²) in [4.78, 5) is 27.2. The molecule has 8 heteroatoms. The summed E-state index contributed by atoms with van der Waals surface area (Å²) in [5.74, 6) is -0.270. The number of carbonyl (C=O) groups is 2. The smallest absolute Gasteiger partial charge is 0.404 e. The first-order valence-corrected chi connectivity index (χ1v) is 16.7. The number of rotatable bonds is 14. The van der Waals surface area contributed by atoms with Crippen LogP contribution in [-0.4, -0.2) is 53.8 Å². The molecule has 0 spiro atoms. The number of likely N-dealkylation sites (tertiary alicyclic amines) is 1. The highest BCUT2D eigenvalue weighted by Gasteiger charge is 2.43. The van der Waals surface area contributed by atoms with Crippen molar-refractivity contribution in [2.45, 2.75) is 77.4 Å². The summed E-state index contributed by atoms with van der Waals surface area (Å²) in [6.45, 7) is 6.24. The van der Waals surface area contributed by atoms with Gasteiger partial charge >= 0.3 is 6.09 Å². The van der Waals surface area contributed by atoms with Crippen molar-refractivity contribution in [2.24, 2.45) is 5.92 Å². The molecule has 2 amide bonds. The minimum Gasteiger partial charge on any atom is -0.465 e. The molecular weight excluding hydrogens is 586 g/mol. The molecule has 1 aliphatic rings. The van der Waals surface area contributed by atoms with Crippen molar-refractivity contribution in [2.75, 3.05) is 26.7 Å². The maximum atomic E-state index is 14.1. The fourth-order valence-corrected chi connectivity index (χ4v) is 6.99. The molecule has 7 nitrogen and oxygen atoms in total. The van der Waals surface area contributed by atoms with E-state index in [1.54, 1.807) is 0 Å². The lowest BCUT2D eigenvalue weighted by Gasteiger charge is -2.44. The molecule has 0 saturated carbocycles. The van der Waals surface area contributed by atoms with E-state index in [0.717, 1.165) is 78.5 Å². The van der Waals surface area contributed by atoms with Crippen LogP contribution >= 0.6 is 11.6 Å². The topological polar surface area (TPSA) is 102 Å². The minimum absolute atomic E-state index is 0.00123. The highest BCUT2D eigenvalue weighted by molar-refractivity contribution is 6.33. The number of unbranched alkanes of at least 4 members (excludes halogenated alkanes) is 1. The van der Waals surface area contributed by atoms with Gasteiger partial charge in [0.15, 0.2) is 0 Å². The molecule has 0 bridgehead atoms. The van der Waals surface area contributed by atoms with Gasteiger partial charge in [0.25, 0.3) is 5.91 Å². The number of halogens is 1. The van der Waals surface area contributed by atoms with Crippen molar-refractivity contribution in [1.29, 1.82) is 0 Å². The second-order valence-corrected chi connectivity index (χ2v) is 12.6. The van der Waals surface area contributed by atoms with E-state index in [0.29, 0.717) is 31.0 Å². The molecule has 4 rings (SSSR count). The molecule has 4 N–H and O–H groups in total. The molecule has 45 heavy (non-hydrogen) atoms. The number of aliphatic hydroxyl groups is 1. The number of hydrogen-bond donors (Lipinski definition) is 4. The first kappa shape index (κ1) is 34.5. The van der Waals surface area contributed by atoms with Crippen molar-refractivity contribution >= 4 is 23.6 Å². The molecule has 2 atom stereocenters. The fraction of sp³-hybridized carbons (Fsp3) is 0.459. The van der Waals surface area contributed by atoms with Crippen molar-refractivity contribution < 1.29 is 19.8 Å². The van der Waals surface area contributed by atoms with E-state index in [-0.39, 0.29) is 18.4 Å². The average Bonchev–Trinajstić information content (AvgIpc) is 3.05. The molecule has 1 fully saturated rings. The predicted molar refractivity (Wildman–Crippen MR) is 182 cm³/mol. The van der Waals surface area contributed by atoms with Crippen LogP contribution in [0.25, 0.3) is 11.1 Å². The van der Waals surface area contributed by atoms with Crippen LogP contribution in [0.3, 0.4) is 0 Å². The summed E-state index contributed by atoms with van der Waals surface area (Å²) in [6.07, 6.45) is 4.92. The third kappa shape index (κ3) is 8.46. The van der Waals surface area contributed by atoms with E-state index < -0.39 is 11.7 Å². The molecule has 0 aromatic heterocycles. The summed E-state index contributed by atoms with van der Waals surface area (Å²) in [5, 5.41) is 28.2. The molecule has 242 valence electrons. The van der Waals surface area contributed by atoms with Crippen LogP contribution in [0.1, 0.15) is 85.0 Å². The maximum absolute atomic E-state index is 14.1. The monoisotopic (exact) mass is 633 g/mol. The molecule has 3 aromatic rings. The van der Waals surface area contributed by atoms with Gasteiger partial charge in [0.05, 0.1) is 5.60 Å². The van der Waals surface area contributed by atoms with Gasteiger partial charge in [0.2, 0.25) is 0 Å². The third-order valence-corrected chi connectivity index (χ3v) is 9.39. The zero-order valence-corrected chi connectivity index (χ0v) is 27.6. The summed E-state index contributed by atoms with van der Waals surface area (Å²) in [5.41, 5.74) is 5.22. The number of piperidine rings is 1. The van der Waals surface area contributed by atoms with E-state index >= 15 is 0 Å². The van der Waals surface area contributed by atoms with Crippen LogP contribution < -0.4 is 10.6 Å². The quantitative estimate of drug-likeness (QED) is 0.138. The molecule has 0 unspecified atom stereocenters. The lowest BCUT2D eigenvalue weighted by molar-refractivity contribution is -0.0563. The summed E-state index contributed by atoms with van der Waals surface area (Å²) >= 11 is 6.89. The average molecular weight is 634 g/mol. The SMILES string of the molecule is CCCCc1cc(CNC)ccc1C(=O)N1CCC[C@@H]([C@@](O)(CCCNC(=O)O)c2cccc(Cl)c2-c2cccc(CC)c2)C1. The Labute approximate surface area is 273 Å². The van der Waals surface area contributed by atoms with Crippen LogP contribution in [0.2, 0.25) is 5.02 Å². The van der Waals surface area contributed by atoms with Crippen LogP contribution in [0, 0.1) is 5.92 Å². The van der Waals surface area contributed by atoms with Gasteiger partial charge in [0.1, 0.15) is 0 Å². The van der Waals surface area contributed by atoms with Crippen LogP contribution in [0.15, 0.2) is 60.7 Å². The number of carbonyl (C=O) groups excluding carboxylic acids is 1. The number of nitrogens with zero attached hydrogens (tertiary/aromatic N) is 1. The maximum Gasteiger partial charge on any atom is 0.404 e. The van der Waals surface area contributed by atoms with E-state index in [1.807, 2.05) is 54.4 Å². The lowest BCUT2D eigenvalue weighted by atomic mass is 9.72. The van der Waals surface area contributed by atoms with Crippen LogP contribution in [0.5, 0.6) is 0 Å². The standard InChI is InChI=1S/C37H48ClN3O4/c1-4-6-12-28-23-27(24-39-3)17-18-31(28)35(42)41-21-9-14-30(25-41)37(45,19-10-20-40-36(43)44)32-15-8-16-33(38)34(32)29-13-7-11-26(5-2)22-29/h7-8,11,13,15-18,22-23,30,39-40,45H,4-6,9-10,12,14,19-21,24-25H2,1-3H3,(H,43,44)/t30-,37+/m1/s1. The largest absolute Gasteiger partial charge is 0.465 e. The zero-order chi connectivity index (χ0) is 32.4. The molecule has 3 aromatic carbocycles. The second kappa shape index (κ2) is 16.3. The zero-order valence-electron chi connectivity index (χ0n) is 26.9. The Morgan fingerprint density at radius 2 is 1.84 bits per heavy atom. The third-order valence-electron chi connectivity index (χ3n) is 9.08. The van der Waals surface area contributed by atoms with E-state index in [4.69, 9.17) is 11.6 Å². The molecule has 0 radical (unpaired) electrons. The van der Waals surface area contributed by atoms with E-state index in [2.05, 4.69) is 42.7 Å². The molecule has 1 saturated heterocycles. The van der Waals surface area contributed by atoms with Gasteiger partial charge in [-0.2, -0.15) is 0 Å². The Kier molecular flexibility index (Phi) is 12.5. The lowest BCUT2D eigenvalue weighted by Crippen LogP contribution is -2.48. The van der Waals surface area contributed by atoms with Crippen molar-refractivity contribution in [3.63, 3.8) is 0 Å². The normalized spacial score (nSPS) is 16.3. The van der Waals surface area contributed by atoms with Crippen molar-refractivity contribution in [3.05, 3.63) is 93.5 Å². The molecule has 0 aliphatic carbocycles. The minimum atomic E-state index is -1.34. The van der Waals surface area contributed by atoms with Gasteiger partial charge < -0.3 is 25.7 Å². The summed E-state index contributed by atoms with van der Waals surface area (Å²) < 4.78 is 0. The van der Waals surface area contributed by atoms with Crippen molar-refractivity contribution in [1.82, 2.24) is 15.5 Å². The molecular formula is C37H48ClN3O4. The first-order valence-electron chi connectivity index (χ1n) is 16.3. The summed E-state index contributed by atoms with van der Waals surface area (Å²) in [6, 6.07) is 20.0. The number of benzene rings is 3. The second-order valence-electron chi connectivity index (χ2n) is 12.2. The van der Waals surface area contributed by atoms with E-state index in [1.165, 1.54) is 5.56 Å². The van der Waals surface area contributed by atoms with E-state index in [9.17, 15) is 19.8 Å². The number of hydrogen-bond acceptors (Lipinski definition) is 4. The fourth-order valence-electron chi connectivity index (χ4n) is 6.70. The van der Waals surface area contributed by atoms with Crippen LogP contribution in [-0.2, 0) is 25.0 Å². The molecule has 1 heterocycles. The Bertz CT molecular complexity index is 1460.